The van der Waals surface area contributed by atoms with Crippen molar-refractivity contribution in [2.75, 3.05) is 0 Å². The van der Waals surface area contributed by atoms with Gasteiger partial charge in [-0.1, -0.05) is 50.2 Å². The fourth-order valence-corrected chi connectivity index (χ4v) is 3.06. The van der Waals surface area contributed by atoms with E-state index in [1.165, 1.54) is 12.1 Å². The second-order valence-corrected chi connectivity index (χ2v) is 6.89. The van der Waals surface area contributed by atoms with Gasteiger partial charge in [0.15, 0.2) is 0 Å². The molecule has 2 aromatic carbocycles. The van der Waals surface area contributed by atoms with E-state index < -0.39 is 29.8 Å². The average molecular weight is 405 g/mol. The first-order valence-electron chi connectivity index (χ1n) is 8.81. The van der Waals surface area contributed by atoms with Crippen molar-refractivity contribution in [2.24, 2.45) is 0 Å². The summed E-state index contributed by atoms with van der Waals surface area (Å²) in [4.78, 5) is 24.3. The zero-order chi connectivity index (χ0) is 21.3. The number of halogens is 3. The first-order chi connectivity index (χ1) is 13.6. The summed E-state index contributed by atoms with van der Waals surface area (Å²) in [7, 11) is 0. The predicted molar refractivity (Wildman–Crippen MR) is 99.1 cm³/mol. The fourth-order valence-electron chi connectivity index (χ4n) is 3.06. The Labute approximate surface area is 164 Å². The minimum atomic E-state index is -4.83. The Morgan fingerprint density at radius 3 is 2.14 bits per heavy atom. The standard InChI is InChI=1S/C21H18F3NO4/c1-11(2)12-3-5-14(6-4-12)18(26)16-17(25-20(28)19(16)27)13-7-9-15(10-8-13)29-21(22,23)24/h3-11,17,26H,1-2H3,(H,25,28). The smallest absolute Gasteiger partial charge is 0.507 e. The van der Waals surface area contributed by atoms with E-state index in [4.69, 9.17) is 0 Å². The molecule has 2 N–H and O–H groups in total. The van der Waals surface area contributed by atoms with E-state index in [-0.39, 0.29) is 17.3 Å². The summed E-state index contributed by atoms with van der Waals surface area (Å²) in [5.74, 6) is -2.30. The molecular weight excluding hydrogens is 387 g/mol. The molecule has 5 nitrogen and oxygen atoms in total. The Hall–Kier alpha value is -3.29. The summed E-state index contributed by atoms with van der Waals surface area (Å²) in [5.41, 5.74) is 1.57. The quantitative estimate of drug-likeness (QED) is 0.449. The van der Waals surface area contributed by atoms with Gasteiger partial charge in [-0.15, -0.1) is 13.2 Å². The lowest BCUT2D eigenvalue weighted by molar-refractivity contribution is -0.274. The zero-order valence-corrected chi connectivity index (χ0v) is 15.6. The molecule has 3 rings (SSSR count). The molecule has 1 fully saturated rings. The van der Waals surface area contributed by atoms with E-state index in [0.29, 0.717) is 11.1 Å². The number of aliphatic hydroxyl groups is 1. The van der Waals surface area contributed by atoms with Crippen LogP contribution in [0.25, 0.3) is 5.76 Å². The Morgan fingerprint density at radius 1 is 1.03 bits per heavy atom. The number of alkyl halides is 3. The molecule has 0 radical (unpaired) electrons. The topological polar surface area (TPSA) is 75.6 Å². The van der Waals surface area contributed by atoms with Crippen molar-refractivity contribution in [1.29, 1.82) is 0 Å². The highest BCUT2D eigenvalue weighted by Crippen LogP contribution is 2.34. The van der Waals surface area contributed by atoms with Gasteiger partial charge >= 0.3 is 6.36 Å². The molecule has 152 valence electrons. The molecule has 0 aliphatic carbocycles. The number of hydrogen-bond acceptors (Lipinski definition) is 4. The molecule has 0 saturated carbocycles. The summed E-state index contributed by atoms with van der Waals surface area (Å²) in [6.45, 7) is 4.03. The molecule has 1 unspecified atom stereocenters. The number of hydrogen-bond donors (Lipinski definition) is 2. The second kappa shape index (κ2) is 7.62. The van der Waals surface area contributed by atoms with E-state index in [0.717, 1.165) is 17.7 Å². The number of ether oxygens (including phenoxy) is 1. The number of rotatable bonds is 4. The van der Waals surface area contributed by atoms with Crippen LogP contribution in [0.5, 0.6) is 5.75 Å². The fraction of sp³-hybridized carbons (Fsp3) is 0.238. The highest BCUT2D eigenvalue weighted by molar-refractivity contribution is 6.46. The minimum Gasteiger partial charge on any atom is -0.507 e. The third-order valence-electron chi connectivity index (χ3n) is 4.57. The number of amides is 1. The van der Waals surface area contributed by atoms with Crippen LogP contribution in [0.4, 0.5) is 13.2 Å². The maximum Gasteiger partial charge on any atom is 0.573 e. The van der Waals surface area contributed by atoms with E-state index in [1.54, 1.807) is 12.1 Å². The first-order valence-corrected chi connectivity index (χ1v) is 8.81. The molecule has 0 bridgehead atoms. The largest absolute Gasteiger partial charge is 0.573 e. The van der Waals surface area contributed by atoms with Crippen molar-refractivity contribution in [3.63, 3.8) is 0 Å². The molecule has 29 heavy (non-hydrogen) atoms. The van der Waals surface area contributed by atoms with E-state index in [2.05, 4.69) is 10.1 Å². The SMILES string of the molecule is CC(C)c1ccc(C(O)=C2C(=O)C(=O)NC2c2ccc(OC(F)(F)F)cc2)cc1. The van der Waals surface area contributed by atoms with Crippen LogP contribution in [0.1, 0.15) is 42.5 Å². The van der Waals surface area contributed by atoms with Gasteiger partial charge in [0.25, 0.3) is 11.7 Å². The molecule has 0 spiro atoms. The van der Waals surface area contributed by atoms with Gasteiger partial charge in [-0.25, -0.2) is 0 Å². The predicted octanol–water partition coefficient (Wildman–Crippen LogP) is 4.42. The number of carbonyl (C=O) groups is 2. The van der Waals surface area contributed by atoms with Gasteiger partial charge < -0.3 is 15.2 Å². The van der Waals surface area contributed by atoms with Crippen LogP contribution in [0.2, 0.25) is 0 Å². The van der Waals surface area contributed by atoms with Crippen molar-refractivity contribution in [2.45, 2.75) is 32.2 Å². The van der Waals surface area contributed by atoms with Crippen LogP contribution in [-0.4, -0.2) is 23.2 Å². The first kappa shape index (κ1) is 20.4. The highest BCUT2D eigenvalue weighted by Gasteiger charge is 2.39. The zero-order valence-electron chi connectivity index (χ0n) is 15.6. The van der Waals surface area contributed by atoms with Crippen LogP contribution in [0.15, 0.2) is 54.1 Å². The van der Waals surface area contributed by atoms with Crippen LogP contribution < -0.4 is 10.1 Å². The minimum absolute atomic E-state index is 0.156. The molecule has 1 amide bonds. The van der Waals surface area contributed by atoms with Crippen LogP contribution in [0.3, 0.4) is 0 Å². The molecule has 0 aromatic heterocycles. The Bertz CT molecular complexity index is 961. The van der Waals surface area contributed by atoms with Crippen molar-refractivity contribution in [3.8, 4) is 5.75 Å². The number of Topliss-reactive ketones (excluding diaryl/α,β-unsaturated/α-hetero) is 1. The lowest BCUT2D eigenvalue weighted by Crippen LogP contribution is -2.21. The number of nitrogens with one attached hydrogen (secondary N) is 1. The van der Waals surface area contributed by atoms with E-state index >= 15 is 0 Å². The molecule has 1 aliphatic heterocycles. The lowest BCUT2D eigenvalue weighted by atomic mass is 9.94. The van der Waals surface area contributed by atoms with Gasteiger partial charge in [-0.05, 0) is 29.2 Å². The van der Waals surface area contributed by atoms with Gasteiger partial charge in [-0.3, -0.25) is 9.59 Å². The van der Waals surface area contributed by atoms with Crippen molar-refractivity contribution in [1.82, 2.24) is 5.32 Å². The molecule has 1 atom stereocenters. The molecular formula is C21H18F3NO4. The van der Waals surface area contributed by atoms with E-state index in [1.807, 2.05) is 26.0 Å². The summed E-state index contributed by atoms with van der Waals surface area (Å²) >= 11 is 0. The lowest BCUT2D eigenvalue weighted by Gasteiger charge is -2.15. The molecule has 1 aliphatic rings. The highest BCUT2D eigenvalue weighted by atomic mass is 19.4. The second-order valence-electron chi connectivity index (χ2n) is 6.89. The Morgan fingerprint density at radius 2 is 1.62 bits per heavy atom. The Balaban J connectivity index is 1.96. The maximum atomic E-state index is 12.3. The van der Waals surface area contributed by atoms with Gasteiger partial charge in [0.1, 0.15) is 11.5 Å². The number of aliphatic hydroxyl groups excluding tert-OH is 1. The van der Waals surface area contributed by atoms with Crippen molar-refractivity contribution < 1.29 is 32.6 Å². The van der Waals surface area contributed by atoms with Gasteiger partial charge in [0.05, 0.1) is 11.6 Å². The third kappa shape index (κ3) is 4.42. The van der Waals surface area contributed by atoms with Crippen molar-refractivity contribution in [3.05, 3.63) is 70.8 Å². The monoisotopic (exact) mass is 405 g/mol. The van der Waals surface area contributed by atoms with Crippen LogP contribution in [0, 0.1) is 0 Å². The van der Waals surface area contributed by atoms with E-state index in [9.17, 15) is 27.9 Å². The third-order valence-corrected chi connectivity index (χ3v) is 4.57. The van der Waals surface area contributed by atoms with Gasteiger partial charge in [0.2, 0.25) is 0 Å². The maximum absolute atomic E-state index is 12.3. The normalized spacial score (nSPS) is 18.8. The average Bonchev–Trinajstić information content (AvgIpc) is 2.95. The summed E-state index contributed by atoms with van der Waals surface area (Å²) < 4.78 is 40.8. The Kier molecular flexibility index (Phi) is 5.37. The number of carbonyl (C=O) groups excluding carboxylic acids is 2. The molecule has 8 heteroatoms. The van der Waals surface area contributed by atoms with Crippen LogP contribution in [-0.2, 0) is 9.59 Å². The van der Waals surface area contributed by atoms with Gasteiger partial charge in [-0.2, -0.15) is 0 Å². The summed E-state index contributed by atoms with van der Waals surface area (Å²) in [5, 5.41) is 13.1. The molecule has 1 saturated heterocycles. The van der Waals surface area contributed by atoms with Crippen LogP contribution >= 0.6 is 0 Å². The molecule has 2 aromatic rings. The van der Waals surface area contributed by atoms with Gasteiger partial charge in [0, 0.05) is 5.56 Å². The summed E-state index contributed by atoms with van der Waals surface area (Å²) in [6.07, 6.45) is -4.83. The van der Waals surface area contributed by atoms with Crippen molar-refractivity contribution >= 4 is 17.4 Å². The number of ketones is 1. The molecule has 1 heterocycles. The number of benzene rings is 2. The summed E-state index contributed by atoms with van der Waals surface area (Å²) in [6, 6.07) is 10.6.